The number of amides is 1. The first-order valence-electron chi connectivity index (χ1n) is 9.74. The molecular formula is C23H26N2O2. The van der Waals surface area contributed by atoms with Crippen LogP contribution in [0.5, 0.6) is 5.75 Å². The Morgan fingerprint density at radius 1 is 1.15 bits per heavy atom. The van der Waals surface area contributed by atoms with Crippen molar-refractivity contribution in [3.05, 3.63) is 65.2 Å². The highest BCUT2D eigenvalue weighted by molar-refractivity contribution is 5.94. The molecule has 0 atom stereocenters. The van der Waals surface area contributed by atoms with Gasteiger partial charge in [0.05, 0.1) is 11.6 Å². The van der Waals surface area contributed by atoms with Crippen LogP contribution in [0.1, 0.15) is 60.5 Å². The van der Waals surface area contributed by atoms with Gasteiger partial charge in [0.15, 0.2) is 0 Å². The van der Waals surface area contributed by atoms with Crippen LogP contribution in [0, 0.1) is 11.3 Å². The highest BCUT2D eigenvalue weighted by Gasteiger charge is 2.25. The molecule has 0 radical (unpaired) electrons. The lowest BCUT2D eigenvalue weighted by Gasteiger charge is -2.33. The molecule has 0 heterocycles. The summed E-state index contributed by atoms with van der Waals surface area (Å²) in [5.41, 5.74) is 2.11. The van der Waals surface area contributed by atoms with E-state index in [9.17, 15) is 10.1 Å². The van der Waals surface area contributed by atoms with Crippen LogP contribution in [0.15, 0.2) is 48.5 Å². The van der Waals surface area contributed by atoms with Crippen LogP contribution in [0.4, 0.5) is 0 Å². The molecular weight excluding hydrogens is 336 g/mol. The molecule has 4 nitrogen and oxygen atoms in total. The predicted octanol–water partition coefficient (Wildman–Crippen LogP) is 4.93. The van der Waals surface area contributed by atoms with Gasteiger partial charge in [-0.2, -0.15) is 5.26 Å². The summed E-state index contributed by atoms with van der Waals surface area (Å²) in [7, 11) is 0. The fraction of sp³-hybridized carbons (Fsp3) is 0.391. The number of rotatable bonds is 6. The van der Waals surface area contributed by atoms with E-state index in [-0.39, 0.29) is 5.91 Å². The van der Waals surface area contributed by atoms with E-state index in [1.54, 1.807) is 6.07 Å². The van der Waals surface area contributed by atoms with Gasteiger partial charge in [0.2, 0.25) is 0 Å². The Bertz CT molecular complexity index is 819. The average molecular weight is 362 g/mol. The van der Waals surface area contributed by atoms with Gasteiger partial charge in [-0.3, -0.25) is 4.79 Å². The summed E-state index contributed by atoms with van der Waals surface area (Å²) in [6.07, 6.45) is 5.88. The van der Waals surface area contributed by atoms with Gasteiger partial charge in [0.25, 0.3) is 5.91 Å². The normalized spacial score (nSPS) is 14.4. The van der Waals surface area contributed by atoms with Crippen LogP contribution < -0.4 is 4.74 Å². The standard InChI is InChI=1S/C23H26N2O2/c1-2-25(21-12-4-3-5-13-21)23(26)18-11-8-14-22(15-18)27-17-20-10-7-6-9-19(20)16-24/h6-11,14-15,21H,2-5,12-13,17H2,1H3. The number of hydrogen-bond acceptors (Lipinski definition) is 3. The van der Waals surface area contributed by atoms with E-state index in [4.69, 9.17) is 4.74 Å². The summed E-state index contributed by atoms with van der Waals surface area (Å²) in [5, 5.41) is 9.19. The van der Waals surface area contributed by atoms with Crippen LogP contribution in [-0.4, -0.2) is 23.4 Å². The summed E-state index contributed by atoms with van der Waals surface area (Å²) >= 11 is 0. The van der Waals surface area contributed by atoms with Crippen molar-refractivity contribution in [1.29, 1.82) is 5.26 Å². The van der Waals surface area contributed by atoms with Crippen LogP contribution >= 0.6 is 0 Å². The van der Waals surface area contributed by atoms with E-state index >= 15 is 0 Å². The summed E-state index contributed by atoms with van der Waals surface area (Å²) in [4.78, 5) is 15.0. The third kappa shape index (κ3) is 4.68. The van der Waals surface area contributed by atoms with Gasteiger partial charge in [-0.05, 0) is 44.0 Å². The molecule has 2 aromatic carbocycles. The summed E-state index contributed by atoms with van der Waals surface area (Å²) in [5.74, 6) is 0.723. The van der Waals surface area contributed by atoms with Crippen molar-refractivity contribution in [1.82, 2.24) is 4.90 Å². The van der Waals surface area contributed by atoms with Gasteiger partial charge in [0.1, 0.15) is 12.4 Å². The Balaban J connectivity index is 1.70. The second-order valence-electron chi connectivity index (χ2n) is 6.97. The Labute approximate surface area is 161 Å². The predicted molar refractivity (Wildman–Crippen MR) is 106 cm³/mol. The minimum atomic E-state index is 0.0762. The molecule has 1 aliphatic carbocycles. The minimum absolute atomic E-state index is 0.0762. The van der Waals surface area contributed by atoms with Gasteiger partial charge in [-0.1, -0.05) is 43.5 Å². The maximum atomic E-state index is 13.0. The largest absolute Gasteiger partial charge is 0.489 e. The van der Waals surface area contributed by atoms with Gasteiger partial charge < -0.3 is 9.64 Å². The minimum Gasteiger partial charge on any atom is -0.489 e. The van der Waals surface area contributed by atoms with E-state index in [1.165, 1.54) is 19.3 Å². The van der Waals surface area contributed by atoms with Crippen molar-refractivity contribution in [2.24, 2.45) is 0 Å². The van der Waals surface area contributed by atoms with Crippen molar-refractivity contribution < 1.29 is 9.53 Å². The van der Waals surface area contributed by atoms with Gasteiger partial charge in [-0.25, -0.2) is 0 Å². The maximum absolute atomic E-state index is 13.0. The quantitative estimate of drug-likeness (QED) is 0.732. The van der Waals surface area contributed by atoms with Gasteiger partial charge >= 0.3 is 0 Å². The number of hydrogen-bond donors (Lipinski definition) is 0. The van der Waals surface area contributed by atoms with Gasteiger partial charge in [-0.15, -0.1) is 0 Å². The molecule has 1 fully saturated rings. The molecule has 0 bridgehead atoms. The second kappa shape index (κ2) is 9.23. The summed E-state index contributed by atoms with van der Waals surface area (Å²) in [6, 6.07) is 17.3. The molecule has 1 saturated carbocycles. The second-order valence-corrected chi connectivity index (χ2v) is 6.97. The lowest BCUT2D eigenvalue weighted by molar-refractivity contribution is 0.0647. The van der Waals surface area contributed by atoms with Crippen molar-refractivity contribution in [3.63, 3.8) is 0 Å². The molecule has 140 valence electrons. The molecule has 4 heteroatoms. The highest BCUT2D eigenvalue weighted by Crippen LogP contribution is 2.25. The van der Waals surface area contributed by atoms with E-state index in [0.29, 0.717) is 29.5 Å². The van der Waals surface area contributed by atoms with E-state index in [2.05, 4.69) is 6.07 Å². The molecule has 0 spiro atoms. The zero-order valence-electron chi connectivity index (χ0n) is 15.9. The number of nitriles is 1. The van der Waals surface area contributed by atoms with Crippen LogP contribution in [0.2, 0.25) is 0 Å². The lowest BCUT2D eigenvalue weighted by Crippen LogP contribution is -2.41. The zero-order valence-corrected chi connectivity index (χ0v) is 15.9. The fourth-order valence-corrected chi connectivity index (χ4v) is 3.76. The Hall–Kier alpha value is -2.80. The molecule has 0 aromatic heterocycles. The van der Waals surface area contributed by atoms with Crippen LogP contribution in [0.3, 0.4) is 0 Å². The molecule has 27 heavy (non-hydrogen) atoms. The third-order valence-corrected chi connectivity index (χ3v) is 5.23. The van der Waals surface area contributed by atoms with Crippen molar-refractivity contribution in [2.75, 3.05) is 6.54 Å². The first-order chi connectivity index (χ1) is 13.2. The molecule has 0 saturated heterocycles. The molecule has 1 aliphatic rings. The maximum Gasteiger partial charge on any atom is 0.254 e. The smallest absolute Gasteiger partial charge is 0.254 e. The molecule has 0 unspecified atom stereocenters. The van der Waals surface area contributed by atoms with Crippen LogP contribution in [-0.2, 0) is 6.61 Å². The monoisotopic (exact) mass is 362 g/mol. The fourth-order valence-electron chi connectivity index (χ4n) is 3.76. The first-order valence-corrected chi connectivity index (χ1v) is 9.74. The third-order valence-electron chi connectivity index (χ3n) is 5.23. The average Bonchev–Trinajstić information content (AvgIpc) is 2.74. The topological polar surface area (TPSA) is 53.3 Å². The molecule has 0 N–H and O–H groups in total. The number of carbonyl (C=O) groups is 1. The lowest BCUT2D eigenvalue weighted by atomic mass is 9.93. The molecule has 1 amide bonds. The van der Waals surface area contributed by atoms with Crippen molar-refractivity contribution in [2.45, 2.75) is 51.7 Å². The zero-order chi connectivity index (χ0) is 19.1. The molecule has 3 rings (SSSR count). The van der Waals surface area contributed by atoms with Crippen molar-refractivity contribution >= 4 is 5.91 Å². The Morgan fingerprint density at radius 3 is 2.67 bits per heavy atom. The van der Waals surface area contributed by atoms with E-state index < -0.39 is 0 Å². The summed E-state index contributed by atoms with van der Waals surface area (Å²) in [6.45, 7) is 3.08. The number of benzene rings is 2. The SMILES string of the molecule is CCN(C(=O)c1cccc(OCc2ccccc2C#N)c1)C1CCCCC1. The van der Waals surface area contributed by atoms with E-state index in [1.807, 2.05) is 54.3 Å². The number of ether oxygens (including phenoxy) is 1. The van der Waals surface area contributed by atoms with E-state index in [0.717, 1.165) is 24.9 Å². The summed E-state index contributed by atoms with van der Waals surface area (Å²) < 4.78 is 5.86. The Morgan fingerprint density at radius 2 is 1.93 bits per heavy atom. The van der Waals surface area contributed by atoms with Crippen LogP contribution in [0.25, 0.3) is 0 Å². The number of nitrogens with zero attached hydrogens (tertiary/aromatic N) is 2. The van der Waals surface area contributed by atoms with Gasteiger partial charge in [0, 0.05) is 23.7 Å². The first kappa shape index (κ1) is 19.0. The molecule has 2 aromatic rings. The molecule has 0 aliphatic heterocycles. The van der Waals surface area contributed by atoms with Crippen molar-refractivity contribution in [3.8, 4) is 11.8 Å². The Kier molecular flexibility index (Phi) is 6.49. The highest BCUT2D eigenvalue weighted by atomic mass is 16.5. The number of carbonyl (C=O) groups excluding carboxylic acids is 1.